The molecule has 1 aromatic rings. The highest BCUT2D eigenvalue weighted by molar-refractivity contribution is 9.10. The Morgan fingerprint density at radius 1 is 1.50 bits per heavy atom. The number of halogens is 2. The molecule has 0 saturated heterocycles. The number of hydrogen-bond donors (Lipinski definition) is 1. The minimum atomic E-state index is -0.222. The van der Waals surface area contributed by atoms with Crippen molar-refractivity contribution in [2.75, 3.05) is 13.1 Å². The first kappa shape index (κ1) is 11.4. The van der Waals surface area contributed by atoms with Gasteiger partial charge in [-0.1, -0.05) is 41.1 Å². The van der Waals surface area contributed by atoms with Gasteiger partial charge in [-0.05, 0) is 24.2 Å². The Bertz CT molecular complexity index is 323. The van der Waals surface area contributed by atoms with E-state index >= 15 is 0 Å². The SMILES string of the molecule is CCNC/C=C/c1ccc(F)cc1Br. The highest BCUT2D eigenvalue weighted by Gasteiger charge is 1.96. The molecule has 0 atom stereocenters. The third-order valence-corrected chi connectivity index (χ3v) is 2.46. The topological polar surface area (TPSA) is 12.0 Å². The number of benzene rings is 1. The Morgan fingerprint density at radius 2 is 2.29 bits per heavy atom. The minimum Gasteiger partial charge on any atom is -0.314 e. The van der Waals surface area contributed by atoms with Crippen LogP contribution in [0, 0.1) is 5.82 Å². The second kappa shape index (κ2) is 5.94. The first-order valence-corrected chi connectivity index (χ1v) is 5.35. The van der Waals surface area contributed by atoms with Crippen molar-refractivity contribution in [1.82, 2.24) is 5.32 Å². The number of nitrogens with one attached hydrogen (secondary N) is 1. The summed E-state index contributed by atoms with van der Waals surface area (Å²) in [4.78, 5) is 0. The van der Waals surface area contributed by atoms with Crippen LogP contribution in [0.5, 0.6) is 0 Å². The van der Waals surface area contributed by atoms with Crippen molar-refractivity contribution in [1.29, 1.82) is 0 Å². The molecule has 0 spiro atoms. The summed E-state index contributed by atoms with van der Waals surface area (Å²) in [5.74, 6) is -0.222. The zero-order valence-electron chi connectivity index (χ0n) is 8.06. The van der Waals surface area contributed by atoms with Crippen LogP contribution in [-0.2, 0) is 0 Å². The summed E-state index contributed by atoms with van der Waals surface area (Å²) >= 11 is 3.30. The predicted octanol–water partition coefficient (Wildman–Crippen LogP) is 3.21. The molecule has 0 unspecified atom stereocenters. The van der Waals surface area contributed by atoms with Crippen LogP contribution in [0.3, 0.4) is 0 Å². The van der Waals surface area contributed by atoms with E-state index in [0.29, 0.717) is 0 Å². The van der Waals surface area contributed by atoms with Crippen LogP contribution < -0.4 is 5.32 Å². The van der Waals surface area contributed by atoms with Crippen LogP contribution in [0.25, 0.3) is 6.08 Å². The van der Waals surface area contributed by atoms with E-state index in [1.165, 1.54) is 12.1 Å². The average molecular weight is 258 g/mol. The Kier molecular flexibility index (Phi) is 4.84. The summed E-state index contributed by atoms with van der Waals surface area (Å²) in [5, 5.41) is 3.17. The molecule has 0 aromatic heterocycles. The summed E-state index contributed by atoms with van der Waals surface area (Å²) in [7, 11) is 0. The largest absolute Gasteiger partial charge is 0.314 e. The normalized spacial score (nSPS) is 11.1. The zero-order chi connectivity index (χ0) is 10.4. The van der Waals surface area contributed by atoms with E-state index in [1.54, 1.807) is 6.07 Å². The molecule has 0 aliphatic carbocycles. The monoisotopic (exact) mass is 257 g/mol. The highest BCUT2D eigenvalue weighted by Crippen LogP contribution is 2.18. The molecule has 3 heteroatoms. The van der Waals surface area contributed by atoms with Crippen molar-refractivity contribution < 1.29 is 4.39 Å². The van der Waals surface area contributed by atoms with Crippen LogP contribution >= 0.6 is 15.9 Å². The molecule has 0 radical (unpaired) electrons. The number of hydrogen-bond acceptors (Lipinski definition) is 1. The lowest BCUT2D eigenvalue weighted by Crippen LogP contribution is -2.11. The van der Waals surface area contributed by atoms with Gasteiger partial charge in [-0.3, -0.25) is 0 Å². The van der Waals surface area contributed by atoms with E-state index in [9.17, 15) is 4.39 Å². The number of likely N-dealkylation sites (N-methyl/N-ethyl adjacent to an activating group) is 1. The van der Waals surface area contributed by atoms with Gasteiger partial charge in [0.15, 0.2) is 0 Å². The average Bonchev–Trinajstić information content (AvgIpc) is 2.15. The zero-order valence-corrected chi connectivity index (χ0v) is 9.64. The molecule has 0 aliphatic rings. The molecule has 0 saturated carbocycles. The van der Waals surface area contributed by atoms with Gasteiger partial charge in [0.2, 0.25) is 0 Å². The van der Waals surface area contributed by atoms with Crippen LogP contribution in [-0.4, -0.2) is 13.1 Å². The van der Waals surface area contributed by atoms with Crippen molar-refractivity contribution in [2.45, 2.75) is 6.92 Å². The number of rotatable bonds is 4. The molecular formula is C11H13BrFN. The van der Waals surface area contributed by atoms with E-state index < -0.39 is 0 Å². The van der Waals surface area contributed by atoms with Crippen LogP contribution in [0.15, 0.2) is 28.7 Å². The second-order valence-electron chi connectivity index (χ2n) is 2.88. The molecule has 1 N–H and O–H groups in total. The smallest absolute Gasteiger partial charge is 0.124 e. The highest BCUT2D eigenvalue weighted by atomic mass is 79.9. The maximum atomic E-state index is 12.7. The van der Waals surface area contributed by atoms with Gasteiger partial charge in [0, 0.05) is 11.0 Å². The lowest BCUT2D eigenvalue weighted by Gasteiger charge is -1.98. The molecule has 0 bridgehead atoms. The van der Waals surface area contributed by atoms with Gasteiger partial charge in [-0.15, -0.1) is 0 Å². The van der Waals surface area contributed by atoms with Crippen LogP contribution in [0.4, 0.5) is 4.39 Å². The Hall–Kier alpha value is -0.670. The minimum absolute atomic E-state index is 0.222. The van der Waals surface area contributed by atoms with Crippen molar-refractivity contribution in [3.63, 3.8) is 0 Å². The molecule has 0 aliphatic heterocycles. The van der Waals surface area contributed by atoms with Crippen molar-refractivity contribution in [3.05, 3.63) is 40.1 Å². The molecule has 1 aromatic carbocycles. The molecule has 0 heterocycles. The molecule has 0 amide bonds. The maximum absolute atomic E-state index is 12.7. The fourth-order valence-electron chi connectivity index (χ4n) is 1.05. The summed E-state index contributed by atoms with van der Waals surface area (Å²) < 4.78 is 13.5. The Morgan fingerprint density at radius 3 is 2.93 bits per heavy atom. The van der Waals surface area contributed by atoms with Gasteiger partial charge in [0.25, 0.3) is 0 Å². The standard InChI is InChI=1S/C11H13BrFN/c1-2-14-7-3-4-9-5-6-10(13)8-11(9)12/h3-6,8,14H,2,7H2,1H3/b4-3+. The van der Waals surface area contributed by atoms with Crippen molar-refractivity contribution in [3.8, 4) is 0 Å². The van der Waals surface area contributed by atoms with Gasteiger partial charge in [-0.25, -0.2) is 4.39 Å². The molecule has 0 fully saturated rings. The first-order chi connectivity index (χ1) is 6.74. The van der Waals surface area contributed by atoms with Gasteiger partial charge < -0.3 is 5.32 Å². The van der Waals surface area contributed by atoms with E-state index in [-0.39, 0.29) is 5.82 Å². The Balaban J connectivity index is 2.62. The van der Waals surface area contributed by atoms with Gasteiger partial charge >= 0.3 is 0 Å². The van der Waals surface area contributed by atoms with Crippen LogP contribution in [0.2, 0.25) is 0 Å². The van der Waals surface area contributed by atoms with Gasteiger partial charge in [0.05, 0.1) is 0 Å². The van der Waals surface area contributed by atoms with Crippen molar-refractivity contribution in [2.24, 2.45) is 0 Å². The molecule has 14 heavy (non-hydrogen) atoms. The maximum Gasteiger partial charge on any atom is 0.124 e. The van der Waals surface area contributed by atoms with E-state index in [4.69, 9.17) is 0 Å². The van der Waals surface area contributed by atoms with Crippen LogP contribution in [0.1, 0.15) is 12.5 Å². The summed E-state index contributed by atoms with van der Waals surface area (Å²) in [5.41, 5.74) is 0.990. The summed E-state index contributed by atoms with van der Waals surface area (Å²) in [6, 6.07) is 4.67. The summed E-state index contributed by atoms with van der Waals surface area (Å²) in [6.45, 7) is 3.84. The molecule has 1 rings (SSSR count). The van der Waals surface area contributed by atoms with Crippen molar-refractivity contribution >= 4 is 22.0 Å². The quantitative estimate of drug-likeness (QED) is 0.818. The Labute approximate surface area is 92.1 Å². The molecular weight excluding hydrogens is 245 g/mol. The second-order valence-corrected chi connectivity index (χ2v) is 3.73. The third-order valence-electron chi connectivity index (χ3n) is 1.77. The molecule has 1 nitrogen and oxygen atoms in total. The fraction of sp³-hybridized carbons (Fsp3) is 0.273. The fourth-order valence-corrected chi connectivity index (χ4v) is 1.53. The van der Waals surface area contributed by atoms with Gasteiger partial charge in [0.1, 0.15) is 5.82 Å². The summed E-state index contributed by atoms with van der Waals surface area (Å²) in [6.07, 6.45) is 3.98. The predicted molar refractivity (Wildman–Crippen MR) is 61.7 cm³/mol. The van der Waals surface area contributed by atoms with E-state index in [0.717, 1.165) is 23.1 Å². The van der Waals surface area contributed by atoms with E-state index in [2.05, 4.69) is 28.2 Å². The third kappa shape index (κ3) is 3.60. The lowest BCUT2D eigenvalue weighted by molar-refractivity contribution is 0.627. The first-order valence-electron chi connectivity index (χ1n) is 4.56. The van der Waals surface area contributed by atoms with E-state index in [1.807, 2.05) is 12.2 Å². The lowest BCUT2D eigenvalue weighted by atomic mass is 10.2. The van der Waals surface area contributed by atoms with Gasteiger partial charge in [-0.2, -0.15) is 0 Å². The molecule has 76 valence electrons.